The predicted octanol–water partition coefficient (Wildman–Crippen LogP) is 6.06. The van der Waals surface area contributed by atoms with Crippen molar-refractivity contribution in [2.24, 2.45) is 5.41 Å². The van der Waals surface area contributed by atoms with E-state index in [2.05, 4.69) is 39.0 Å². The zero-order valence-corrected chi connectivity index (χ0v) is 13.4. The van der Waals surface area contributed by atoms with E-state index in [1.165, 1.54) is 48.8 Å². The van der Waals surface area contributed by atoms with Gasteiger partial charge in [0.15, 0.2) is 0 Å². The molecule has 0 bridgehead atoms. The summed E-state index contributed by atoms with van der Waals surface area (Å²) in [5.41, 5.74) is 4.53. The molecule has 0 N–H and O–H groups in total. The van der Waals surface area contributed by atoms with Crippen molar-refractivity contribution >= 4 is 11.6 Å². The van der Waals surface area contributed by atoms with Crippen molar-refractivity contribution in [2.75, 3.05) is 0 Å². The molecule has 1 heteroatoms. The Labute approximate surface area is 123 Å². The van der Waals surface area contributed by atoms with E-state index in [0.717, 1.165) is 12.8 Å². The molecule has 1 aliphatic carbocycles. The second kappa shape index (κ2) is 6.31. The van der Waals surface area contributed by atoms with Gasteiger partial charge in [0, 0.05) is 0 Å². The van der Waals surface area contributed by atoms with Gasteiger partial charge in [-0.2, -0.15) is 0 Å². The van der Waals surface area contributed by atoms with Crippen LogP contribution in [0.15, 0.2) is 18.2 Å². The summed E-state index contributed by atoms with van der Waals surface area (Å²) in [6.07, 6.45) is 8.80. The Kier molecular flexibility index (Phi) is 4.95. The highest BCUT2D eigenvalue weighted by molar-refractivity contribution is 6.21. The highest BCUT2D eigenvalue weighted by Gasteiger charge is 2.36. The maximum absolute atomic E-state index is 6.94. The van der Waals surface area contributed by atoms with Crippen molar-refractivity contribution in [3.63, 3.8) is 0 Å². The van der Waals surface area contributed by atoms with Gasteiger partial charge in [-0.15, -0.1) is 11.6 Å². The largest absolute Gasteiger partial charge is 0.117 e. The van der Waals surface area contributed by atoms with Gasteiger partial charge in [-0.25, -0.2) is 0 Å². The van der Waals surface area contributed by atoms with Gasteiger partial charge in [0.1, 0.15) is 0 Å². The third-order valence-electron chi connectivity index (χ3n) is 4.88. The van der Waals surface area contributed by atoms with Crippen LogP contribution in [0.2, 0.25) is 0 Å². The van der Waals surface area contributed by atoms with Crippen LogP contribution >= 0.6 is 11.6 Å². The standard InChI is InChI=1S/C18H27Cl/c1-4-14-9-10-15(5-2)16(13-14)17(19)18(3)11-7-6-8-12-18/h9-10,13,17H,4-8,11-12H2,1-3H3. The van der Waals surface area contributed by atoms with Crippen molar-refractivity contribution in [3.05, 3.63) is 34.9 Å². The first-order valence-corrected chi connectivity index (χ1v) is 8.30. The van der Waals surface area contributed by atoms with Gasteiger partial charge >= 0.3 is 0 Å². The quantitative estimate of drug-likeness (QED) is 0.587. The molecule has 0 saturated heterocycles. The number of rotatable bonds is 4. The normalized spacial score (nSPS) is 20.2. The average molecular weight is 279 g/mol. The Morgan fingerprint density at radius 1 is 1.11 bits per heavy atom. The van der Waals surface area contributed by atoms with Gasteiger partial charge in [0.2, 0.25) is 0 Å². The molecule has 106 valence electrons. The Balaban J connectivity index is 2.33. The van der Waals surface area contributed by atoms with Crippen molar-refractivity contribution < 1.29 is 0 Å². The van der Waals surface area contributed by atoms with E-state index in [9.17, 15) is 0 Å². The minimum Gasteiger partial charge on any atom is -0.117 e. The first-order chi connectivity index (χ1) is 9.10. The molecule has 1 saturated carbocycles. The molecule has 1 aliphatic rings. The fourth-order valence-corrected chi connectivity index (χ4v) is 3.83. The van der Waals surface area contributed by atoms with Gasteiger partial charge < -0.3 is 0 Å². The first kappa shape index (κ1) is 14.9. The van der Waals surface area contributed by atoms with Crippen LogP contribution in [-0.4, -0.2) is 0 Å². The van der Waals surface area contributed by atoms with Crippen LogP contribution in [0.3, 0.4) is 0 Å². The minimum absolute atomic E-state index is 0.175. The summed E-state index contributed by atoms with van der Waals surface area (Å²) in [6.45, 7) is 6.84. The number of hydrogen-bond acceptors (Lipinski definition) is 0. The van der Waals surface area contributed by atoms with E-state index in [1.54, 1.807) is 0 Å². The molecule has 2 rings (SSSR count). The Hall–Kier alpha value is -0.490. The lowest BCUT2D eigenvalue weighted by Crippen LogP contribution is -2.26. The van der Waals surface area contributed by atoms with E-state index < -0.39 is 0 Å². The number of hydrogen-bond donors (Lipinski definition) is 0. The van der Waals surface area contributed by atoms with E-state index in [4.69, 9.17) is 11.6 Å². The molecule has 0 aliphatic heterocycles. The third kappa shape index (κ3) is 3.16. The molecule has 19 heavy (non-hydrogen) atoms. The molecule has 0 amide bonds. The van der Waals surface area contributed by atoms with Crippen LogP contribution in [0.4, 0.5) is 0 Å². The van der Waals surface area contributed by atoms with Crippen LogP contribution in [0.5, 0.6) is 0 Å². The lowest BCUT2D eigenvalue weighted by atomic mass is 9.71. The maximum atomic E-state index is 6.94. The van der Waals surface area contributed by atoms with Gasteiger partial charge in [0.05, 0.1) is 5.38 Å². The lowest BCUT2D eigenvalue weighted by molar-refractivity contribution is 0.206. The van der Waals surface area contributed by atoms with Gasteiger partial charge in [-0.1, -0.05) is 58.2 Å². The predicted molar refractivity (Wildman–Crippen MR) is 85.0 cm³/mol. The summed E-state index contributed by atoms with van der Waals surface area (Å²) in [6, 6.07) is 6.90. The fourth-order valence-electron chi connectivity index (χ4n) is 3.41. The second-order valence-corrected chi connectivity index (χ2v) is 6.75. The number of alkyl halides is 1. The molecule has 0 nitrogen and oxygen atoms in total. The Morgan fingerprint density at radius 3 is 2.37 bits per heavy atom. The van der Waals surface area contributed by atoms with Crippen LogP contribution in [-0.2, 0) is 12.8 Å². The van der Waals surface area contributed by atoms with Gasteiger partial charge in [-0.3, -0.25) is 0 Å². The van der Waals surface area contributed by atoms with Crippen molar-refractivity contribution in [2.45, 2.75) is 71.1 Å². The summed E-state index contributed by atoms with van der Waals surface area (Å²) in [5.74, 6) is 0. The van der Waals surface area contributed by atoms with Crippen LogP contribution in [0, 0.1) is 5.41 Å². The summed E-state index contributed by atoms with van der Waals surface area (Å²) in [5, 5.41) is 0.175. The molecular weight excluding hydrogens is 252 g/mol. The molecule has 1 aromatic rings. The van der Waals surface area contributed by atoms with E-state index in [-0.39, 0.29) is 10.8 Å². The molecule has 1 unspecified atom stereocenters. The highest BCUT2D eigenvalue weighted by Crippen LogP contribution is 2.50. The van der Waals surface area contributed by atoms with E-state index >= 15 is 0 Å². The van der Waals surface area contributed by atoms with E-state index in [1.807, 2.05) is 0 Å². The molecule has 1 aromatic carbocycles. The van der Waals surface area contributed by atoms with Crippen molar-refractivity contribution in [3.8, 4) is 0 Å². The first-order valence-electron chi connectivity index (χ1n) is 7.86. The highest BCUT2D eigenvalue weighted by atomic mass is 35.5. The zero-order valence-electron chi connectivity index (χ0n) is 12.6. The van der Waals surface area contributed by atoms with Crippen LogP contribution in [0.25, 0.3) is 0 Å². The molecule has 0 aromatic heterocycles. The topological polar surface area (TPSA) is 0 Å². The molecule has 1 fully saturated rings. The molecule has 0 heterocycles. The van der Waals surface area contributed by atoms with Gasteiger partial charge in [-0.05, 0) is 47.8 Å². The SMILES string of the molecule is CCc1ccc(CC)c(C(Cl)C2(C)CCCCC2)c1. The van der Waals surface area contributed by atoms with Gasteiger partial charge in [0.25, 0.3) is 0 Å². The summed E-state index contributed by atoms with van der Waals surface area (Å²) < 4.78 is 0. The average Bonchev–Trinajstić information content (AvgIpc) is 2.46. The van der Waals surface area contributed by atoms with Crippen molar-refractivity contribution in [1.29, 1.82) is 0 Å². The lowest BCUT2D eigenvalue weighted by Gasteiger charge is -2.38. The molecule has 0 radical (unpaired) electrons. The fraction of sp³-hybridized carbons (Fsp3) is 0.667. The summed E-state index contributed by atoms with van der Waals surface area (Å²) in [4.78, 5) is 0. The monoisotopic (exact) mass is 278 g/mol. The maximum Gasteiger partial charge on any atom is 0.0641 e. The Bertz CT molecular complexity index is 416. The minimum atomic E-state index is 0.175. The Morgan fingerprint density at radius 2 is 1.79 bits per heavy atom. The number of halogens is 1. The van der Waals surface area contributed by atoms with Crippen LogP contribution in [0.1, 0.15) is 74.9 Å². The zero-order chi connectivity index (χ0) is 13.9. The third-order valence-corrected chi connectivity index (χ3v) is 5.64. The number of benzene rings is 1. The van der Waals surface area contributed by atoms with E-state index in [0.29, 0.717) is 0 Å². The second-order valence-electron chi connectivity index (χ2n) is 6.32. The molecule has 0 spiro atoms. The number of aryl methyl sites for hydroxylation is 2. The van der Waals surface area contributed by atoms with Crippen LogP contribution < -0.4 is 0 Å². The molecular formula is C18H27Cl. The van der Waals surface area contributed by atoms with Crippen molar-refractivity contribution in [1.82, 2.24) is 0 Å². The summed E-state index contributed by atoms with van der Waals surface area (Å²) in [7, 11) is 0. The molecule has 1 atom stereocenters. The summed E-state index contributed by atoms with van der Waals surface area (Å²) >= 11 is 6.94. The smallest absolute Gasteiger partial charge is 0.0641 e.